The smallest absolute Gasteiger partial charge is 0.557 e. The molecule has 134 valence electrons. The summed E-state index contributed by atoms with van der Waals surface area (Å²) in [6.07, 6.45) is 3.76. The number of allylic oxidation sites excluding steroid dienone is 1. The molecular formula is C15H36O5Si2. The van der Waals surface area contributed by atoms with Crippen LogP contribution in [0.1, 0.15) is 60.3 Å². The topological polar surface area (TPSA) is 46.2 Å². The van der Waals surface area contributed by atoms with Crippen molar-refractivity contribution in [1.29, 1.82) is 0 Å². The second kappa shape index (κ2) is 17.2. The summed E-state index contributed by atoms with van der Waals surface area (Å²) in [4.78, 5) is 0. The van der Waals surface area contributed by atoms with Gasteiger partial charge in [-0.3, -0.25) is 0 Å². The molecule has 22 heavy (non-hydrogen) atoms. The van der Waals surface area contributed by atoms with E-state index >= 15 is 0 Å². The Hall–Kier alpha value is -0.186. The van der Waals surface area contributed by atoms with E-state index in [9.17, 15) is 0 Å². The maximum Gasteiger partial charge on any atom is 0.679 e. The van der Waals surface area contributed by atoms with Gasteiger partial charge in [0.05, 0.1) is 5.76 Å². The maximum absolute atomic E-state index is 5.76. The Labute approximate surface area is 141 Å². The molecule has 0 unspecified atom stereocenters. The molecule has 7 heteroatoms. The van der Waals surface area contributed by atoms with Gasteiger partial charge in [0.2, 0.25) is 10.5 Å². The van der Waals surface area contributed by atoms with Crippen molar-refractivity contribution in [2.24, 2.45) is 0 Å². The average Bonchev–Trinajstić information content (AvgIpc) is 2.54. The van der Waals surface area contributed by atoms with E-state index < -0.39 is 9.05 Å². The monoisotopic (exact) mass is 352 g/mol. The largest absolute Gasteiger partial charge is 0.679 e. The molecule has 0 bridgehead atoms. The van der Waals surface area contributed by atoms with Crippen LogP contribution in [0, 0.1) is 0 Å². The number of hydrogen-bond donors (Lipinski definition) is 0. The van der Waals surface area contributed by atoms with Crippen LogP contribution in [-0.4, -0.2) is 46.0 Å². The normalized spacial score (nSPS) is 11.0. The van der Waals surface area contributed by atoms with Gasteiger partial charge in [-0.05, 0) is 32.6 Å². The average molecular weight is 353 g/mol. The molecule has 0 radical (unpaired) electrons. The lowest BCUT2D eigenvalue weighted by molar-refractivity contribution is -0.0347. The lowest BCUT2D eigenvalue weighted by atomic mass is 10.5. The molecule has 0 fully saturated rings. The zero-order valence-corrected chi connectivity index (χ0v) is 18.4. The van der Waals surface area contributed by atoms with Gasteiger partial charge in [0.25, 0.3) is 0 Å². The van der Waals surface area contributed by atoms with Crippen molar-refractivity contribution in [2.45, 2.75) is 60.3 Å². The zero-order chi connectivity index (χ0) is 17.3. The Morgan fingerprint density at radius 3 is 1.14 bits per heavy atom. The van der Waals surface area contributed by atoms with Gasteiger partial charge >= 0.3 is 9.05 Å². The predicted octanol–water partition coefficient (Wildman–Crippen LogP) is 2.95. The van der Waals surface area contributed by atoms with Crippen LogP contribution in [-0.2, 0) is 22.1 Å². The molecule has 0 heterocycles. The second-order valence-corrected chi connectivity index (χ2v) is 7.36. The van der Waals surface area contributed by atoms with E-state index in [0.717, 1.165) is 41.9 Å². The van der Waals surface area contributed by atoms with Crippen LogP contribution in [0.3, 0.4) is 0 Å². The van der Waals surface area contributed by atoms with E-state index in [2.05, 4.69) is 34.3 Å². The summed E-state index contributed by atoms with van der Waals surface area (Å²) in [7, 11) is -2.11. The standard InChI is InChI=1S/C12H28O4Si.C3H8OSi/c1-5-9-13-17(14-10-6-2,15-11-7-3)16-12-8-4;1-3(2)4-5/h5-12H2,1-4H3;1H2,2,5H3. The van der Waals surface area contributed by atoms with Gasteiger partial charge in [0.15, 0.2) is 0 Å². The molecule has 0 aromatic heterocycles. The highest BCUT2D eigenvalue weighted by Gasteiger charge is 2.45. The third kappa shape index (κ3) is 14.7. The summed E-state index contributed by atoms with van der Waals surface area (Å²) >= 11 is 0. The van der Waals surface area contributed by atoms with Gasteiger partial charge in [-0.15, -0.1) is 0 Å². The Morgan fingerprint density at radius 2 is 1.00 bits per heavy atom. The molecule has 0 saturated carbocycles. The summed E-state index contributed by atoms with van der Waals surface area (Å²) in [6, 6.07) is 0. The van der Waals surface area contributed by atoms with Crippen LogP contribution >= 0.6 is 0 Å². The summed E-state index contributed by atoms with van der Waals surface area (Å²) < 4.78 is 27.7. The molecule has 5 nitrogen and oxygen atoms in total. The van der Waals surface area contributed by atoms with Crippen molar-refractivity contribution in [3.63, 3.8) is 0 Å². The third-order valence-electron chi connectivity index (χ3n) is 2.28. The van der Waals surface area contributed by atoms with Crippen LogP contribution < -0.4 is 0 Å². The predicted molar refractivity (Wildman–Crippen MR) is 96.6 cm³/mol. The van der Waals surface area contributed by atoms with E-state index in [1.165, 1.54) is 0 Å². The molecule has 0 aromatic rings. The summed E-state index contributed by atoms with van der Waals surface area (Å²) in [5.41, 5.74) is 0. The fourth-order valence-electron chi connectivity index (χ4n) is 1.16. The zero-order valence-electron chi connectivity index (χ0n) is 15.4. The lowest BCUT2D eigenvalue weighted by Crippen LogP contribution is -2.50. The molecule has 0 amide bonds. The summed E-state index contributed by atoms with van der Waals surface area (Å²) in [5, 5.41) is 0. The molecule has 0 aliphatic carbocycles. The number of rotatable bonds is 13. The van der Waals surface area contributed by atoms with Crippen molar-refractivity contribution in [3.8, 4) is 0 Å². The first-order valence-electron chi connectivity index (χ1n) is 8.27. The van der Waals surface area contributed by atoms with Crippen LogP contribution in [0.25, 0.3) is 0 Å². The van der Waals surface area contributed by atoms with E-state index in [-0.39, 0.29) is 0 Å². The lowest BCUT2D eigenvalue weighted by Gasteiger charge is -2.27. The molecule has 0 aromatic carbocycles. The van der Waals surface area contributed by atoms with E-state index in [0.29, 0.717) is 26.4 Å². The molecular weight excluding hydrogens is 316 g/mol. The Morgan fingerprint density at radius 1 is 0.773 bits per heavy atom. The van der Waals surface area contributed by atoms with Crippen molar-refractivity contribution >= 4 is 19.5 Å². The highest BCUT2D eigenvalue weighted by Crippen LogP contribution is 2.14. The fourth-order valence-corrected chi connectivity index (χ4v) is 3.47. The Kier molecular flexibility index (Phi) is 18.8. The van der Waals surface area contributed by atoms with Gasteiger partial charge in [0, 0.05) is 26.4 Å². The molecule has 0 aliphatic rings. The summed E-state index contributed by atoms with van der Waals surface area (Å²) in [5.74, 6) is 0.816. The Balaban J connectivity index is 0. The highest BCUT2D eigenvalue weighted by molar-refractivity contribution is 6.53. The van der Waals surface area contributed by atoms with Crippen molar-refractivity contribution in [3.05, 3.63) is 12.3 Å². The molecule has 0 N–H and O–H groups in total. The quantitative estimate of drug-likeness (QED) is 0.377. The first kappa shape index (κ1) is 24.1. The highest BCUT2D eigenvalue weighted by atomic mass is 28.4. The number of hydrogen-bond acceptors (Lipinski definition) is 5. The second-order valence-electron chi connectivity index (χ2n) is 4.80. The van der Waals surface area contributed by atoms with Gasteiger partial charge in [-0.1, -0.05) is 34.3 Å². The third-order valence-corrected chi connectivity index (χ3v) is 5.21. The Bertz CT molecular complexity index is 215. The minimum atomic E-state index is -2.88. The summed E-state index contributed by atoms with van der Waals surface area (Å²) in [6.45, 7) is 16.1. The minimum Gasteiger partial charge on any atom is -0.557 e. The SMILES string of the molecule is C=C(C)O[SiH3].CCCO[Si](OCCC)(OCCC)OCCC. The van der Waals surface area contributed by atoms with Gasteiger partial charge in [0.1, 0.15) is 0 Å². The van der Waals surface area contributed by atoms with Crippen molar-refractivity contribution in [1.82, 2.24) is 0 Å². The van der Waals surface area contributed by atoms with Gasteiger partial charge < -0.3 is 22.1 Å². The molecule has 0 aliphatic heterocycles. The molecule has 0 atom stereocenters. The molecule has 0 spiro atoms. The minimum absolute atomic E-state index is 0.628. The van der Waals surface area contributed by atoms with Crippen LogP contribution in [0.15, 0.2) is 12.3 Å². The first-order chi connectivity index (χ1) is 10.5. The van der Waals surface area contributed by atoms with Crippen molar-refractivity contribution in [2.75, 3.05) is 26.4 Å². The van der Waals surface area contributed by atoms with Gasteiger partial charge in [-0.25, -0.2) is 0 Å². The van der Waals surface area contributed by atoms with Crippen molar-refractivity contribution < 1.29 is 22.1 Å². The van der Waals surface area contributed by atoms with Gasteiger partial charge in [-0.2, -0.15) is 0 Å². The van der Waals surface area contributed by atoms with E-state index in [4.69, 9.17) is 22.1 Å². The first-order valence-corrected chi connectivity index (χ1v) is 10.7. The molecule has 0 rings (SSSR count). The van der Waals surface area contributed by atoms with Crippen LogP contribution in [0.4, 0.5) is 0 Å². The van der Waals surface area contributed by atoms with Crippen LogP contribution in [0.5, 0.6) is 0 Å². The van der Waals surface area contributed by atoms with E-state index in [1.54, 1.807) is 0 Å². The van der Waals surface area contributed by atoms with Crippen LogP contribution in [0.2, 0.25) is 0 Å². The molecule has 0 saturated heterocycles. The van der Waals surface area contributed by atoms with E-state index in [1.807, 2.05) is 6.92 Å². The fraction of sp³-hybridized carbons (Fsp3) is 0.867. The maximum atomic E-state index is 5.76.